The van der Waals surface area contributed by atoms with Crippen molar-refractivity contribution in [2.75, 3.05) is 20.3 Å². The van der Waals surface area contributed by atoms with E-state index < -0.39 is 12.0 Å². The van der Waals surface area contributed by atoms with Gasteiger partial charge < -0.3 is 20.1 Å². The number of hydrogen-bond donors (Lipinski definition) is 2. The number of hydrogen-bond acceptors (Lipinski definition) is 3. The molecule has 6 heteroatoms. The number of rotatable bonds is 8. The number of aliphatic carboxylic acids is 1. The first-order chi connectivity index (χ1) is 8.43. The summed E-state index contributed by atoms with van der Waals surface area (Å²) in [5.41, 5.74) is 0. The average molecular weight is 260 g/mol. The fraction of sp³-hybridized carbons (Fsp3) is 0.833. The molecule has 106 valence electrons. The zero-order chi connectivity index (χ0) is 14.1. The molecule has 0 unspecified atom stereocenters. The number of carboxylic acids is 1. The normalized spacial score (nSPS) is 12.3. The minimum atomic E-state index is -0.999. The molecule has 0 aliphatic heterocycles. The Kier molecular flexibility index (Phi) is 8.11. The predicted molar refractivity (Wildman–Crippen MR) is 68.6 cm³/mol. The molecular formula is C12H24N2O4. The molecule has 18 heavy (non-hydrogen) atoms. The van der Waals surface area contributed by atoms with Gasteiger partial charge in [0.1, 0.15) is 6.04 Å². The second-order valence-electron chi connectivity index (χ2n) is 4.41. The lowest BCUT2D eigenvalue weighted by Gasteiger charge is -2.28. The summed E-state index contributed by atoms with van der Waals surface area (Å²) >= 11 is 0. The zero-order valence-electron chi connectivity index (χ0n) is 11.6. The van der Waals surface area contributed by atoms with Gasteiger partial charge in [-0.15, -0.1) is 0 Å². The van der Waals surface area contributed by atoms with Crippen LogP contribution in [0.2, 0.25) is 0 Å². The highest BCUT2D eigenvalue weighted by Gasteiger charge is 2.23. The van der Waals surface area contributed by atoms with E-state index in [4.69, 9.17) is 9.84 Å². The number of amides is 2. The molecule has 0 aliphatic carbocycles. The quantitative estimate of drug-likeness (QED) is 0.689. The van der Waals surface area contributed by atoms with Crippen LogP contribution in [0, 0.1) is 0 Å². The van der Waals surface area contributed by atoms with E-state index in [1.165, 1.54) is 0 Å². The molecule has 0 bridgehead atoms. The molecule has 0 aliphatic rings. The van der Waals surface area contributed by atoms with E-state index in [1.54, 1.807) is 12.0 Å². The third-order valence-electron chi connectivity index (χ3n) is 2.59. The summed E-state index contributed by atoms with van der Waals surface area (Å²) in [6.07, 6.45) is 1.13. The molecule has 0 fully saturated rings. The van der Waals surface area contributed by atoms with Crippen molar-refractivity contribution in [2.24, 2.45) is 0 Å². The SMILES string of the molecule is CCC[C@H](NC(=O)N(CCOC)C(C)C)C(=O)O. The van der Waals surface area contributed by atoms with Gasteiger partial charge in [0.15, 0.2) is 0 Å². The Morgan fingerprint density at radius 2 is 2.00 bits per heavy atom. The monoisotopic (exact) mass is 260 g/mol. The van der Waals surface area contributed by atoms with Crippen LogP contribution in [0.3, 0.4) is 0 Å². The highest BCUT2D eigenvalue weighted by molar-refractivity contribution is 5.82. The molecule has 0 radical (unpaired) electrons. The van der Waals surface area contributed by atoms with Crippen LogP contribution in [-0.2, 0) is 9.53 Å². The van der Waals surface area contributed by atoms with E-state index in [9.17, 15) is 9.59 Å². The van der Waals surface area contributed by atoms with Crippen LogP contribution in [0.5, 0.6) is 0 Å². The summed E-state index contributed by atoms with van der Waals surface area (Å²) in [7, 11) is 1.56. The molecule has 0 rings (SSSR count). The molecule has 0 heterocycles. The number of nitrogens with one attached hydrogen (secondary N) is 1. The predicted octanol–water partition coefficient (Wildman–Crippen LogP) is 1.31. The number of carbonyl (C=O) groups is 2. The van der Waals surface area contributed by atoms with E-state index in [1.807, 2.05) is 20.8 Å². The standard InChI is InChI=1S/C12H24N2O4/c1-5-6-10(11(15)16)13-12(17)14(9(2)3)7-8-18-4/h9-10H,5-8H2,1-4H3,(H,13,17)(H,15,16)/t10-/m0/s1. The first-order valence-electron chi connectivity index (χ1n) is 6.22. The number of methoxy groups -OCH3 is 1. The molecule has 1 atom stereocenters. The molecule has 2 N–H and O–H groups in total. The molecule has 0 aromatic heterocycles. The highest BCUT2D eigenvalue weighted by atomic mass is 16.5. The van der Waals surface area contributed by atoms with Gasteiger partial charge in [-0.25, -0.2) is 9.59 Å². The van der Waals surface area contributed by atoms with Crippen LogP contribution in [-0.4, -0.2) is 54.4 Å². The minimum Gasteiger partial charge on any atom is -0.480 e. The second kappa shape index (κ2) is 8.74. The third-order valence-corrected chi connectivity index (χ3v) is 2.59. The Labute approximate surface area is 108 Å². The Balaban J connectivity index is 4.51. The van der Waals surface area contributed by atoms with Gasteiger partial charge in [-0.2, -0.15) is 0 Å². The Bertz CT molecular complexity index is 269. The lowest BCUT2D eigenvalue weighted by atomic mass is 10.2. The van der Waals surface area contributed by atoms with E-state index >= 15 is 0 Å². The molecule has 6 nitrogen and oxygen atoms in total. The van der Waals surface area contributed by atoms with E-state index in [0.717, 1.165) is 0 Å². The number of carbonyl (C=O) groups excluding carboxylic acids is 1. The van der Waals surface area contributed by atoms with Crippen LogP contribution in [0.15, 0.2) is 0 Å². The van der Waals surface area contributed by atoms with Gasteiger partial charge in [0.2, 0.25) is 0 Å². The smallest absolute Gasteiger partial charge is 0.326 e. The summed E-state index contributed by atoms with van der Waals surface area (Å²) in [6, 6.07) is -1.19. The van der Waals surface area contributed by atoms with Crippen molar-refractivity contribution < 1.29 is 19.4 Å². The van der Waals surface area contributed by atoms with Crippen molar-refractivity contribution in [1.29, 1.82) is 0 Å². The average Bonchev–Trinajstić information content (AvgIpc) is 2.28. The van der Waals surface area contributed by atoms with E-state index in [2.05, 4.69) is 5.32 Å². The highest BCUT2D eigenvalue weighted by Crippen LogP contribution is 2.02. The molecule has 0 saturated heterocycles. The summed E-state index contributed by atoms with van der Waals surface area (Å²) < 4.78 is 4.93. The maximum Gasteiger partial charge on any atom is 0.326 e. The van der Waals surface area contributed by atoms with Crippen molar-refractivity contribution in [2.45, 2.75) is 45.7 Å². The van der Waals surface area contributed by atoms with Gasteiger partial charge in [0.25, 0.3) is 0 Å². The number of nitrogens with zero attached hydrogens (tertiary/aromatic N) is 1. The number of urea groups is 1. The zero-order valence-corrected chi connectivity index (χ0v) is 11.6. The van der Waals surface area contributed by atoms with Crippen molar-refractivity contribution in [3.63, 3.8) is 0 Å². The number of carboxylic acid groups (broad SMARTS) is 1. The number of ether oxygens (including phenoxy) is 1. The van der Waals surface area contributed by atoms with Gasteiger partial charge in [-0.05, 0) is 20.3 Å². The van der Waals surface area contributed by atoms with Gasteiger partial charge in [-0.1, -0.05) is 13.3 Å². The lowest BCUT2D eigenvalue weighted by molar-refractivity contribution is -0.139. The summed E-state index contributed by atoms with van der Waals surface area (Å²) in [4.78, 5) is 24.5. The van der Waals surface area contributed by atoms with E-state index in [-0.39, 0.29) is 12.1 Å². The second-order valence-corrected chi connectivity index (χ2v) is 4.41. The summed E-state index contributed by atoms with van der Waals surface area (Å²) in [5, 5.41) is 11.5. The van der Waals surface area contributed by atoms with Crippen LogP contribution in [0.4, 0.5) is 4.79 Å². The lowest BCUT2D eigenvalue weighted by Crippen LogP contribution is -2.51. The van der Waals surface area contributed by atoms with Crippen LogP contribution >= 0.6 is 0 Å². The molecule has 2 amide bonds. The van der Waals surface area contributed by atoms with Gasteiger partial charge in [-0.3, -0.25) is 0 Å². The Hall–Kier alpha value is -1.30. The van der Waals surface area contributed by atoms with Crippen molar-refractivity contribution in [3.8, 4) is 0 Å². The summed E-state index contributed by atoms with van der Waals surface area (Å²) in [5.74, 6) is -0.999. The fourth-order valence-corrected chi connectivity index (χ4v) is 1.56. The minimum absolute atomic E-state index is 0.00350. The maximum atomic E-state index is 12.0. The molecule has 0 spiro atoms. The third kappa shape index (κ3) is 5.86. The van der Waals surface area contributed by atoms with Crippen molar-refractivity contribution >= 4 is 12.0 Å². The molecule has 0 aromatic carbocycles. The first kappa shape index (κ1) is 16.7. The largest absolute Gasteiger partial charge is 0.480 e. The molecule has 0 saturated carbocycles. The van der Waals surface area contributed by atoms with E-state index in [0.29, 0.717) is 26.0 Å². The van der Waals surface area contributed by atoms with Gasteiger partial charge in [0.05, 0.1) is 6.61 Å². The maximum absolute atomic E-state index is 12.0. The first-order valence-corrected chi connectivity index (χ1v) is 6.22. The fourth-order valence-electron chi connectivity index (χ4n) is 1.56. The molecular weight excluding hydrogens is 236 g/mol. The van der Waals surface area contributed by atoms with Gasteiger partial charge >= 0.3 is 12.0 Å². The van der Waals surface area contributed by atoms with Crippen LogP contribution < -0.4 is 5.32 Å². The van der Waals surface area contributed by atoms with Crippen molar-refractivity contribution in [1.82, 2.24) is 10.2 Å². The van der Waals surface area contributed by atoms with Crippen LogP contribution in [0.1, 0.15) is 33.6 Å². The topological polar surface area (TPSA) is 78.9 Å². The molecule has 0 aromatic rings. The van der Waals surface area contributed by atoms with Crippen LogP contribution in [0.25, 0.3) is 0 Å². The van der Waals surface area contributed by atoms with Gasteiger partial charge in [0, 0.05) is 19.7 Å². The van der Waals surface area contributed by atoms with Crippen molar-refractivity contribution in [3.05, 3.63) is 0 Å². The summed E-state index contributed by atoms with van der Waals surface area (Å²) in [6.45, 7) is 6.51. The Morgan fingerprint density at radius 1 is 1.39 bits per heavy atom. The Morgan fingerprint density at radius 3 is 2.39 bits per heavy atom.